The van der Waals surface area contributed by atoms with E-state index >= 15 is 0 Å². The molecule has 2 rings (SSSR count). The molecule has 0 aliphatic carbocycles. The first-order valence-corrected chi connectivity index (χ1v) is 6.35. The molecule has 92 valence electrons. The number of halogens is 1. The lowest BCUT2D eigenvalue weighted by atomic mass is 10.00. The van der Waals surface area contributed by atoms with E-state index in [1.807, 2.05) is 18.2 Å². The second-order valence-corrected chi connectivity index (χ2v) is 5.08. The Labute approximate surface area is 109 Å². The Bertz CT molecular complexity index is 437. The van der Waals surface area contributed by atoms with Crippen molar-refractivity contribution < 1.29 is 9.53 Å². The zero-order valence-electron chi connectivity index (χ0n) is 9.57. The minimum atomic E-state index is -0.343. The minimum Gasteiger partial charge on any atom is -0.493 e. The second kappa shape index (κ2) is 5.06. The molecule has 1 aliphatic heterocycles. The van der Waals surface area contributed by atoms with Gasteiger partial charge in [0.1, 0.15) is 5.75 Å². The topological polar surface area (TPSA) is 64.3 Å². The molecule has 3 N–H and O–H groups in total. The predicted molar refractivity (Wildman–Crippen MR) is 68.8 cm³/mol. The van der Waals surface area contributed by atoms with Crippen LogP contribution in [0.3, 0.4) is 0 Å². The summed E-state index contributed by atoms with van der Waals surface area (Å²) in [7, 11) is 0. The van der Waals surface area contributed by atoms with Crippen molar-refractivity contribution in [3.8, 4) is 5.75 Å². The maximum atomic E-state index is 11.1. The van der Waals surface area contributed by atoms with Gasteiger partial charge >= 0.3 is 0 Å². The van der Waals surface area contributed by atoms with Gasteiger partial charge in [-0.05, 0) is 25.1 Å². The molecule has 4 nitrogen and oxygen atoms in total. The molecule has 5 heteroatoms. The highest BCUT2D eigenvalue weighted by Crippen LogP contribution is 2.34. The van der Waals surface area contributed by atoms with Crippen molar-refractivity contribution in [3.05, 3.63) is 28.2 Å². The molecule has 2 atom stereocenters. The first-order valence-electron chi connectivity index (χ1n) is 5.55. The third-order valence-corrected chi connectivity index (χ3v) is 3.38. The van der Waals surface area contributed by atoms with Gasteiger partial charge in [0.2, 0.25) is 5.91 Å². The number of ether oxygens (including phenoxy) is 1. The highest BCUT2D eigenvalue weighted by molar-refractivity contribution is 9.10. The standard InChI is InChI=1S/C12H15BrN2O2/c1-7(12(14)16)15-10-4-5-17-11-3-2-8(13)6-9(10)11/h2-3,6-7,10,15H,4-5H2,1H3,(H2,14,16). The Morgan fingerprint density at radius 1 is 1.65 bits per heavy atom. The maximum Gasteiger partial charge on any atom is 0.234 e. The molecule has 2 unspecified atom stereocenters. The molecular formula is C12H15BrN2O2. The molecule has 0 bridgehead atoms. The number of hydrogen-bond donors (Lipinski definition) is 2. The maximum absolute atomic E-state index is 11.1. The Balaban J connectivity index is 2.22. The lowest BCUT2D eigenvalue weighted by Crippen LogP contribution is -2.42. The summed E-state index contributed by atoms with van der Waals surface area (Å²) in [4.78, 5) is 11.1. The molecule has 0 saturated carbocycles. The van der Waals surface area contributed by atoms with Crippen molar-refractivity contribution in [3.63, 3.8) is 0 Å². The summed E-state index contributed by atoms with van der Waals surface area (Å²) in [6, 6.07) is 5.66. The van der Waals surface area contributed by atoms with E-state index in [2.05, 4.69) is 21.2 Å². The largest absolute Gasteiger partial charge is 0.493 e. The van der Waals surface area contributed by atoms with Gasteiger partial charge in [-0.25, -0.2) is 0 Å². The quantitative estimate of drug-likeness (QED) is 0.893. The van der Waals surface area contributed by atoms with Crippen LogP contribution in [0, 0.1) is 0 Å². The Kier molecular flexibility index (Phi) is 3.69. The zero-order chi connectivity index (χ0) is 12.4. The number of amides is 1. The first kappa shape index (κ1) is 12.4. The average Bonchev–Trinajstić information content (AvgIpc) is 2.29. The smallest absolute Gasteiger partial charge is 0.234 e. The molecule has 0 spiro atoms. The van der Waals surface area contributed by atoms with Crippen LogP contribution >= 0.6 is 15.9 Å². The SMILES string of the molecule is CC(NC1CCOc2ccc(Br)cc21)C(N)=O. The van der Waals surface area contributed by atoms with Crippen LogP contribution < -0.4 is 15.8 Å². The van der Waals surface area contributed by atoms with Crippen molar-refractivity contribution in [2.24, 2.45) is 5.73 Å². The Hall–Kier alpha value is -1.07. The number of carbonyl (C=O) groups excluding carboxylic acids is 1. The monoisotopic (exact) mass is 298 g/mol. The summed E-state index contributed by atoms with van der Waals surface area (Å²) < 4.78 is 6.57. The summed E-state index contributed by atoms with van der Waals surface area (Å²) in [5.41, 5.74) is 6.33. The van der Waals surface area contributed by atoms with Gasteiger partial charge in [-0.3, -0.25) is 10.1 Å². The highest BCUT2D eigenvalue weighted by atomic mass is 79.9. The number of carbonyl (C=O) groups is 1. The molecule has 0 fully saturated rings. The molecule has 1 aliphatic rings. The van der Waals surface area contributed by atoms with Crippen molar-refractivity contribution in [1.29, 1.82) is 0 Å². The van der Waals surface area contributed by atoms with Crippen LogP contribution in [-0.2, 0) is 4.79 Å². The fourth-order valence-electron chi connectivity index (χ4n) is 1.92. The van der Waals surface area contributed by atoms with E-state index in [1.54, 1.807) is 6.92 Å². The summed E-state index contributed by atoms with van der Waals surface area (Å²) >= 11 is 3.44. The number of nitrogens with one attached hydrogen (secondary N) is 1. The van der Waals surface area contributed by atoms with Gasteiger partial charge < -0.3 is 10.5 Å². The number of benzene rings is 1. The van der Waals surface area contributed by atoms with Gasteiger partial charge in [0.25, 0.3) is 0 Å². The fraction of sp³-hybridized carbons (Fsp3) is 0.417. The van der Waals surface area contributed by atoms with Gasteiger partial charge in [-0.2, -0.15) is 0 Å². The van der Waals surface area contributed by atoms with Crippen molar-refractivity contribution in [2.45, 2.75) is 25.4 Å². The van der Waals surface area contributed by atoms with Gasteiger partial charge in [-0.1, -0.05) is 15.9 Å². The van der Waals surface area contributed by atoms with E-state index in [4.69, 9.17) is 10.5 Å². The van der Waals surface area contributed by atoms with E-state index in [0.717, 1.165) is 22.2 Å². The first-order chi connectivity index (χ1) is 8.08. The number of nitrogens with two attached hydrogens (primary N) is 1. The molecule has 17 heavy (non-hydrogen) atoms. The van der Waals surface area contributed by atoms with E-state index in [1.165, 1.54) is 0 Å². The molecule has 0 radical (unpaired) electrons. The molecule has 0 saturated heterocycles. The number of hydrogen-bond acceptors (Lipinski definition) is 3. The third-order valence-electron chi connectivity index (χ3n) is 2.89. The normalized spacial score (nSPS) is 20.2. The van der Waals surface area contributed by atoms with Gasteiger partial charge in [0.15, 0.2) is 0 Å². The average molecular weight is 299 g/mol. The van der Waals surface area contributed by atoms with Crippen molar-refractivity contribution in [1.82, 2.24) is 5.32 Å². The third kappa shape index (κ3) is 2.79. The van der Waals surface area contributed by atoms with Crippen LogP contribution in [-0.4, -0.2) is 18.6 Å². The molecule has 0 aromatic heterocycles. The summed E-state index contributed by atoms with van der Waals surface area (Å²) in [6.45, 7) is 2.42. The summed E-state index contributed by atoms with van der Waals surface area (Å²) in [6.07, 6.45) is 0.834. The van der Waals surface area contributed by atoms with E-state index in [-0.39, 0.29) is 18.0 Å². The van der Waals surface area contributed by atoms with Gasteiger partial charge in [0.05, 0.1) is 12.6 Å². The van der Waals surface area contributed by atoms with Crippen LogP contribution in [0.5, 0.6) is 5.75 Å². The van der Waals surface area contributed by atoms with E-state index in [9.17, 15) is 4.79 Å². The van der Waals surface area contributed by atoms with Gasteiger partial charge in [-0.15, -0.1) is 0 Å². The second-order valence-electron chi connectivity index (χ2n) is 4.16. The van der Waals surface area contributed by atoms with Crippen LogP contribution in [0.4, 0.5) is 0 Å². The summed E-state index contributed by atoms with van der Waals surface area (Å²) in [5, 5.41) is 3.23. The number of rotatable bonds is 3. The fourth-order valence-corrected chi connectivity index (χ4v) is 2.30. The predicted octanol–water partition coefficient (Wildman–Crippen LogP) is 1.74. The van der Waals surface area contributed by atoms with Crippen LogP contribution in [0.2, 0.25) is 0 Å². The molecule has 1 heterocycles. The molecule has 1 amide bonds. The van der Waals surface area contributed by atoms with Crippen LogP contribution in [0.25, 0.3) is 0 Å². The van der Waals surface area contributed by atoms with E-state index in [0.29, 0.717) is 6.61 Å². The minimum absolute atomic E-state index is 0.110. The lowest BCUT2D eigenvalue weighted by molar-refractivity contribution is -0.119. The number of fused-ring (bicyclic) bond motifs is 1. The Morgan fingerprint density at radius 2 is 2.41 bits per heavy atom. The molecular weight excluding hydrogens is 284 g/mol. The Morgan fingerprint density at radius 3 is 3.12 bits per heavy atom. The zero-order valence-corrected chi connectivity index (χ0v) is 11.2. The molecule has 1 aromatic carbocycles. The molecule has 1 aromatic rings. The van der Waals surface area contributed by atoms with Crippen LogP contribution in [0.1, 0.15) is 24.9 Å². The highest BCUT2D eigenvalue weighted by Gasteiger charge is 2.24. The lowest BCUT2D eigenvalue weighted by Gasteiger charge is -2.28. The van der Waals surface area contributed by atoms with Crippen LogP contribution in [0.15, 0.2) is 22.7 Å². The summed E-state index contributed by atoms with van der Waals surface area (Å²) in [5.74, 6) is 0.529. The van der Waals surface area contributed by atoms with Crippen molar-refractivity contribution >= 4 is 21.8 Å². The number of primary amides is 1. The van der Waals surface area contributed by atoms with Crippen molar-refractivity contribution in [2.75, 3.05) is 6.61 Å². The van der Waals surface area contributed by atoms with E-state index < -0.39 is 0 Å². The van der Waals surface area contributed by atoms with Gasteiger partial charge in [0, 0.05) is 22.5 Å².